The minimum absolute atomic E-state index is 0.250. The largest absolute Gasteiger partial charge is 0.307 e. The number of carbonyl (C=O) groups excluding carboxylic acids is 1. The van der Waals surface area contributed by atoms with E-state index in [0.29, 0.717) is 29.9 Å². The SMILES string of the molecule is Cc1cc(NC(=O)c2ccc3nc(C)c(C)nc3c2)n(CCC#N)n1. The summed E-state index contributed by atoms with van der Waals surface area (Å²) in [5.41, 5.74) is 4.44. The fraction of sp³-hybridized carbons (Fsp3) is 0.278. The van der Waals surface area contributed by atoms with Crippen LogP contribution in [0.15, 0.2) is 24.3 Å². The Kier molecular flexibility index (Phi) is 4.44. The van der Waals surface area contributed by atoms with Crippen molar-refractivity contribution in [2.75, 3.05) is 5.32 Å². The van der Waals surface area contributed by atoms with Crippen LogP contribution >= 0.6 is 0 Å². The molecule has 0 aliphatic carbocycles. The first-order chi connectivity index (χ1) is 12.0. The molecule has 7 nitrogen and oxygen atoms in total. The van der Waals surface area contributed by atoms with E-state index in [2.05, 4.69) is 26.5 Å². The highest BCUT2D eigenvalue weighted by molar-refractivity contribution is 6.05. The Morgan fingerprint density at radius 3 is 2.60 bits per heavy atom. The van der Waals surface area contributed by atoms with E-state index in [0.717, 1.165) is 22.6 Å². The molecular formula is C18H18N6O. The molecule has 0 fully saturated rings. The summed E-state index contributed by atoms with van der Waals surface area (Å²) in [5, 5.41) is 15.9. The molecule has 1 aromatic carbocycles. The van der Waals surface area contributed by atoms with Gasteiger partial charge in [0.05, 0.1) is 47.1 Å². The number of benzene rings is 1. The highest BCUT2D eigenvalue weighted by atomic mass is 16.1. The van der Waals surface area contributed by atoms with Crippen molar-refractivity contribution in [3.05, 3.63) is 46.9 Å². The van der Waals surface area contributed by atoms with Crippen molar-refractivity contribution in [1.82, 2.24) is 19.7 Å². The fourth-order valence-corrected chi connectivity index (χ4v) is 2.53. The standard InChI is InChI=1S/C18H18N6O/c1-11-9-17(24(23-11)8-4-7-19)22-18(25)14-5-6-15-16(10-14)21-13(3)12(2)20-15/h5-6,9-10H,4,8H2,1-3H3,(H,22,25). The van der Waals surface area contributed by atoms with E-state index in [9.17, 15) is 4.79 Å². The second-order valence-corrected chi connectivity index (χ2v) is 5.85. The molecule has 1 N–H and O–H groups in total. The average Bonchev–Trinajstić information content (AvgIpc) is 2.92. The lowest BCUT2D eigenvalue weighted by atomic mass is 10.1. The van der Waals surface area contributed by atoms with Gasteiger partial charge in [0.25, 0.3) is 5.91 Å². The summed E-state index contributed by atoms with van der Waals surface area (Å²) in [6.45, 7) is 6.08. The Balaban J connectivity index is 1.88. The molecule has 3 rings (SSSR count). The summed E-state index contributed by atoms with van der Waals surface area (Å²) in [6.07, 6.45) is 0.328. The van der Waals surface area contributed by atoms with E-state index in [1.165, 1.54) is 0 Å². The molecule has 25 heavy (non-hydrogen) atoms. The third-order valence-electron chi connectivity index (χ3n) is 3.92. The zero-order valence-electron chi connectivity index (χ0n) is 14.4. The van der Waals surface area contributed by atoms with Crippen molar-refractivity contribution in [3.63, 3.8) is 0 Å². The van der Waals surface area contributed by atoms with Crippen LogP contribution in [0.5, 0.6) is 0 Å². The second kappa shape index (κ2) is 6.69. The number of hydrogen-bond donors (Lipinski definition) is 1. The monoisotopic (exact) mass is 334 g/mol. The Morgan fingerprint density at radius 2 is 1.88 bits per heavy atom. The van der Waals surface area contributed by atoms with Crippen molar-refractivity contribution >= 4 is 22.8 Å². The Labute approximate surface area is 145 Å². The quantitative estimate of drug-likeness (QED) is 0.791. The van der Waals surface area contributed by atoms with Crippen LogP contribution in [0.3, 0.4) is 0 Å². The molecule has 0 aliphatic rings. The second-order valence-electron chi connectivity index (χ2n) is 5.85. The number of hydrogen-bond acceptors (Lipinski definition) is 5. The van der Waals surface area contributed by atoms with Crippen molar-refractivity contribution < 1.29 is 4.79 Å². The first-order valence-electron chi connectivity index (χ1n) is 7.95. The van der Waals surface area contributed by atoms with Crippen molar-refractivity contribution in [2.45, 2.75) is 33.7 Å². The van der Waals surface area contributed by atoms with Gasteiger partial charge in [-0.1, -0.05) is 0 Å². The number of nitrogens with zero attached hydrogens (tertiary/aromatic N) is 5. The number of fused-ring (bicyclic) bond motifs is 1. The molecule has 0 spiro atoms. The van der Waals surface area contributed by atoms with Gasteiger partial charge in [-0.25, -0.2) is 14.6 Å². The lowest BCUT2D eigenvalue weighted by Crippen LogP contribution is -2.16. The maximum absolute atomic E-state index is 12.6. The van der Waals surface area contributed by atoms with Crippen molar-refractivity contribution in [2.24, 2.45) is 0 Å². The molecule has 0 radical (unpaired) electrons. The smallest absolute Gasteiger partial charge is 0.256 e. The van der Waals surface area contributed by atoms with Crippen molar-refractivity contribution in [3.8, 4) is 6.07 Å². The molecule has 0 saturated heterocycles. The van der Waals surface area contributed by atoms with Gasteiger partial charge < -0.3 is 5.32 Å². The normalized spacial score (nSPS) is 10.6. The van der Waals surface area contributed by atoms with E-state index in [4.69, 9.17) is 5.26 Å². The Hall–Kier alpha value is -3.27. The van der Waals surface area contributed by atoms with Gasteiger partial charge in [0.2, 0.25) is 0 Å². The van der Waals surface area contributed by atoms with E-state index >= 15 is 0 Å². The molecule has 2 aromatic heterocycles. The molecule has 2 heterocycles. The number of rotatable bonds is 4. The fourth-order valence-electron chi connectivity index (χ4n) is 2.53. The number of anilines is 1. The van der Waals surface area contributed by atoms with Gasteiger partial charge in [0.15, 0.2) is 0 Å². The molecule has 7 heteroatoms. The third-order valence-corrected chi connectivity index (χ3v) is 3.92. The van der Waals surface area contributed by atoms with Gasteiger partial charge in [-0.2, -0.15) is 10.4 Å². The molecule has 0 atom stereocenters. The predicted molar refractivity (Wildman–Crippen MR) is 94.2 cm³/mol. The first-order valence-corrected chi connectivity index (χ1v) is 7.95. The van der Waals surface area contributed by atoms with Crippen LogP contribution in [0.1, 0.15) is 33.9 Å². The van der Waals surface area contributed by atoms with Crippen LogP contribution in [0, 0.1) is 32.1 Å². The number of nitriles is 1. The van der Waals surface area contributed by atoms with Crippen LogP contribution in [0.2, 0.25) is 0 Å². The van der Waals surface area contributed by atoms with E-state index in [1.54, 1.807) is 28.9 Å². The lowest BCUT2D eigenvalue weighted by Gasteiger charge is -2.08. The van der Waals surface area contributed by atoms with Gasteiger partial charge in [0.1, 0.15) is 5.82 Å². The van der Waals surface area contributed by atoms with Crippen LogP contribution in [0.4, 0.5) is 5.82 Å². The molecule has 126 valence electrons. The van der Waals surface area contributed by atoms with Gasteiger partial charge in [-0.3, -0.25) is 4.79 Å². The number of nitrogens with one attached hydrogen (secondary N) is 1. The number of amides is 1. The Bertz CT molecular complexity index is 999. The summed E-state index contributed by atoms with van der Waals surface area (Å²) >= 11 is 0. The van der Waals surface area contributed by atoms with Gasteiger partial charge >= 0.3 is 0 Å². The minimum Gasteiger partial charge on any atom is -0.307 e. The predicted octanol–water partition coefficient (Wildman–Crippen LogP) is 2.92. The molecule has 0 saturated carbocycles. The zero-order valence-corrected chi connectivity index (χ0v) is 14.4. The van der Waals surface area contributed by atoms with Crippen LogP contribution < -0.4 is 5.32 Å². The molecule has 0 unspecified atom stereocenters. The highest BCUT2D eigenvalue weighted by Crippen LogP contribution is 2.17. The molecule has 1 amide bonds. The van der Waals surface area contributed by atoms with E-state index in [-0.39, 0.29) is 5.91 Å². The summed E-state index contributed by atoms with van der Waals surface area (Å²) in [5.74, 6) is 0.323. The first kappa shape index (κ1) is 16.6. The molecular weight excluding hydrogens is 316 g/mol. The minimum atomic E-state index is -0.250. The number of aryl methyl sites for hydroxylation is 4. The van der Waals surface area contributed by atoms with E-state index in [1.807, 2.05) is 20.8 Å². The number of carbonyl (C=O) groups is 1. The highest BCUT2D eigenvalue weighted by Gasteiger charge is 2.12. The Morgan fingerprint density at radius 1 is 1.16 bits per heavy atom. The third kappa shape index (κ3) is 3.48. The van der Waals surface area contributed by atoms with Crippen LogP contribution in [-0.4, -0.2) is 25.7 Å². The molecule has 3 aromatic rings. The topological polar surface area (TPSA) is 96.5 Å². The maximum atomic E-state index is 12.6. The molecule has 0 aliphatic heterocycles. The summed E-state index contributed by atoms with van der Waals surface area (Å²) < 4.78 is 1.63. The zero-order chi connectivity index (χ0) is 18.0. The number of aromatic nitrogens is 4. The summed E-state index contributed by atoms with van der Waals surface area (Å²) in [4.78, 5) is 21.5. The van der Waals surface area contributed by atoms with Gasteiger partial charge in [-0.05, 0) is 39.0 Å². The lowest BCUT2D eigenvalue weighted by molar-refractivity contribution is 0.102. The molecule has 0 bridgehead atoms. The van der Waals surface area contributed by atoms with E-state index < -0.39 is 0 Å². The summed E-state index contributed by atoms with van der Waals surface area (Å²) in [6, 6.07) is 9.11. The van der Waals surface area contributed by atoms with Gasteiger partial charge in [-0.15, -0.1) is 0 Å². The van der Waals surface area contributed by atoms with Gasteiger partial charge in [0, 0.05) is 11.6 Å². The average molecular weight is 334 g/mol. The van der Waals surface area contributed by atoms with Crippen molar-refractivity contribution in [1.29, 1.82) is 5.26 Å². The van der Waals surface area contributed by atoms with Crippen LogP contribution in [0.25, 0.3) is 11.0 Å². The summed E-state index contributed by atoms with van der Waals surface area (Å²) in [7, 11) is 0. The maximum Gasteiger partial charge on any atom is 0.256 e. The van der Waals surface area contributed by atoms with Crippen LogP contribution in [-0.2, 0) is 6.54 Å².